The Morgan fingerprint density at radius 3 is 2.68 bits per heavy atom. The first kappa shape index (κ1) is 13.0. The molecule has 0 unspecified atom stereocenters. The van der Waals surface area contributed by atoms with E-state index in [0.717, 1.165) is 30.0 Å². The molecule has 4 nitrogen and oxygen atoms in total. The van der Waals surface area contributed by atoms with E-state index in [4.69, 9.17) is 5.26 Å². The van der Waals surface area contributed by atoms with E-state index >= 15 is 0 Å². The summed E-state index contributed by atoms with van der Waals surface area (Å²) in [5.74, 6) is 0. The number of hydrogen-bond acceptors (Lipinski definition) is 4. The van der Waals surface area contributed by atoms with Crippen LogP contribution in [0, 0.1) is 25.2 Å². The fourth-order valence-electron chi connectivity index (χ4n) is 2.00. The Balaban J connectivity index is 2.06. The Labute approximate surface area is 113 Å². The molecule has 2 aromatic rings. The van der Waals surface area contributed by atoms with Crippen molar-refractivity contribution in [2.24, 2.45) is 0 Å². The molecule has 0 fully saturated rings. The van der Waals surface area contributed by atoms with Gasteiger partial charge >= 0.3 is 0 Å². The molecule has 0 saturated carbocycles. The Morgan fingerprint density at radius 2 is 2.00 bits per heavy atom. The smallest absolute Gasteiger partial charge is 0.103 e. The Morgan fingerprint density at radius 1 is 1.26 bits per heavy atom. The lowest BCUT2D eigenvalue weighted by Gasteiger charge is -2.10. The van der Waals surface area contributed by atoms with Gasteiger partial charge in [0.1, 0.15) is 6.07 Å². The number of aromatic nitrogens is 2. The number of aryl methyl sites for hydroxylation is 2. The van der Waals surface area contributed by atoms with Gasteiger partial charge in [0.25, 0.3) is 0 Å². The summed E-state index contributed by atoms with van der Waals surface area (Å²) in [5.41, 5.74) is 4.40. The lowest BCUT2D eigenvalue weighted by atomic mass is 10.1. The van der Waals surface area contributed by atoms with Crippen LogP contribution in [0.1, 0.15) is 22.5 Å². The van der Waals surface area contributed by atoms with Crippen LogP contribution in [0.3, 0.4) is 0 Å². The Kier molecular flexibility index (Phi) is 4.09. The predicted molar refractivity (Wildman–Crippen MR) is 74.9 cm³/mol. The van der Waals surface area contributed by atoms with Gasteiger partial charge in [0, 0.05) is 24.6 Å². The van der Waals surface area contributed by atoms with Crippen molar-refractivity contribution in [1.29, 1.82) is 5.26 Å². The van der Waals surface area contributed by atoms with Crippen LogP contribution in [0.4, 0.5) is 5.69 Å². The van der Waals surface area contributed by atoms with Crippen LogP contribution in [0.25, 0.3) is 0 Å². The normalized spacial score (nSPS) is 9.95. The van der Waals surface area contributed by atoms with Crippen LogP contribution in [0.2, 0.25) is 0 Å². The van der Waals surface area contributed by atoms with Crippen molar-refractivity contribution < 1.29 is 0 Å². The number of hydrogen-bond donors (Lipinski definition) is 1. The maximum Gasteiger partial charge on any atom is 0.103 e. The summed E-state index contributed by atoms with van der Waals surface area (Å²) in [6, 6.07) is 8.11. The van der Waals surface area contributed by atoms with Crippen LogP contribution in [0.5, 0.6) is 0 Å². The average molecular weight is 252 g/mol. The first-order chi connectivity index (χ1) is 9.20. The quantitative estimate of drug-likeness (QED) is 0.908. The minimum absolute atomic E-state index is 0.625. The highest BCUT2D eigenvalue weighted by Crippen LogP contribution is 2.18. The van der Waals surface area contributed by atoms with Gasteiger partial charge in [-0.05, 0) is 44.0 Å². The average Bonchev–Trinajstić information content (AvgIpc) is 2.39. The van der Waals surface area contributed by atoms with E-state index in [1.807, 2.05) is 32.0 Å². The van der Waals surface area contributed by atoms with Crippen LogP contribution in [-0.2, 0) is 6.42 Å². The van der Waals surface area contributed by atoms with Crippen molar-refractivity contribution in [2.75, 3.05) is 11.9 Å². The van der Waals surface area contributed by atoms with Gasteiger partial charge in [-0.1, -0.05) is 0 Å². The van der Waals surface area contributed by atoms with Crippen molar-refractivity contribution in [3.05, 3.63) is 53.1 Å². The highest BCUT2D eigenvalue weighted by Gasteiger charge is 2.07. The van der Waals surface area contributed by atoms with E-state index in [9.17, 15) is 0 Å². The molecule has 0 atom stereocenters. The molecule has 2 heterocycles. The first-order valence-corrected chi connectivity index (χ1v) is 6.22. The van der Waals surface area contributed by atoms with Gasteiger partial charge in [0.15, 0.2) is 0 Å². The second kappa shape index (κ2) is 5.96. The van der Waals surface area contributed by atoms with Crippen LogP contribution in [-0.4, -0.2) is 16.5 Å². The van der Waals surface area contributed by atoms with Gasteiger partial charge in [-0.15, -0.1) is 0 Å². The monoisotopic (exact) mass is 252 g/mol. The van der Waals surface area contributed by atoms with E-state index in [-0.39, 0.29) is 0 Å². The van der Waals surface area contributed by atoms with Gasteiger partial charge in [-0.25, -0.2) is 0 Å². The molecule has 96 valence electrons. The van der Waals surface area contributed by atoms with Crippen molar-refractivity contribution in [1.82, 2.24) is 9.97 Å². The molecule has 2 aromatic heterocycles. The van der Waals surface area contributed by atoms with E-state index in [2.05, 4.69) is 21.4 Å². The summed E-state index contributed by atoms with van der Waals surface area (Å²) in [4.78, 5) is 8.29. The molecule has 1 N–H and O–H groups in total. The minimum Gasteiger partial charge on any atom is -0.384 e. The SMILES string of the molecule is Cc1cc(NCCc2ccncc2)c(C#N)c(C)n1. The van der Waals surface area contributed by atoms with Crippen molar-refractivity contribution in [2.45, 2.75) is 20.3 Å². The summed E-state index contributed by atoms with van der Waals surface area (Å²) in [5, 5.41) is 12.5. The largest absolute Gasteiger partial charge is 0.384 e. The topological polar surface area (TPSA) is 61.6 Å². The Bertz CT molecular complexity index is 600. The molecule has 2 rings (SSSR count). The summed E-state index contributed by atoms with van der Waals surface area (Å²) in [6.07, 6.45) is 4.47. The Hall–Kier alpha value is -2.41. The summed E-state index contributed by atoms with van der Waals surface area (Å²) in [6.45, 7) is 4.57. The molecule has 0 amide bonds. The maximum absolute atomic E-state index is 9.17. The third-order valence-corrected chi connectivity index (χ3v) is 2.92. The lowest BCUT2D eigenvalue weighted by Crippen LogP contribution is -2.08. The van der Waals surface area contributed by atoms with Crippen LogP contribution >= 0.6 is 0 Å². The predicted octanol–water partition coefficient (Wildman–Crippen LogP) is 2.62. The summed E-state index contributed by atoms with van der Waals surface area (Å²) in [7, 11) is 0. The fraction of sp³-hybridized carbons (Fsp3) is 0.267. The number of pyridine rings is 2. The standard InChI is InChI=1S/C15H16N4/c1-11-9-15(14(10-16)12(2)19-11)18-8-5-13-3-6-17-7-4-13/h3-4,6-7,9H,5,8H2,1-2H3,(H,18,19). The highest BCUT2D eigenvalue weighted by molar-refractivity contribution is 5.59. The number of nitrogens with zero attached hydrogens (tertiary/aromatic N) is 3. The molecule has 0 aliphatic rings. The maximum atomic E-state index is 9.17. The zero-order valence-corrected chi connectivity index (χ0v) is 11.1. The van der Waals surface area contributed by atoms with Gasteiger partial charge in [-0.2, -0.15) is 5.26 Å². The minimum atomic E-state index is 0.625. The second-order valence-corrected chi connectivity index (χ2v) is 4.42. The molecule has 0 aliphatic carbocycles. The molecule has 0 aromatic carbocycles. The zero-order chi connectivity index (χ0) is 13.7. The lowest BCUT2D eigenvalue weighted by molar-refractivity contribution is 1.00. The number of nitriles is 1. The third kappa shape index (κ3) is 3.29. The number of nitrogens with one attached hydrogen (secondary N) is 1. The fourth-order valence-corrected chi connectivity index (χ4v) is 2.00. The van der Waals surface area contributed by atoms with Crippen molar-refractivity contribution in [3.63, 3.8) is 0 Å². The van der Waals surface area contributed by atoms with Crippen molar-refractivity contribution in [3.8, 4) is 6.07 Å². The van der Waals surface area contributed by atoms with E-state index < -0.39 is 0 Å². The zero-order valence-electron chi connectivity index (χ0n) is 11.1. The van der Waals surface area contributed by atoms with Crippen LogP contribution in [0.15, 0.2) is 30.6 Å². The van der Waals surface area contributed by atoms with E-state index in [1.54, 1.807) is 12.4 Å². The van der Waals surface area contributed by atoms with E-state index in [0.29, 0.717) is 5.56 Å². The summed E-state index contributed by atoms with van der Waals surface area (Å²) >= 11 is 0. The van der Waals surface area contributed by atoms with Gasteiger partial charge in [0.05, 0.1) is 16.9 Å². The van der Waals surface area contributed by atoms with Gasteiger partial charge < -0.3 is 5.32 Å². The molecule has 4 heteroatoms. The van der Waals surface area contributed by atoms with Crippen molar-refractivity contribution >= 4 is 5.69 Å². The molecule has 0 bridgehead atoms. The molecular formula is C15H16N4. The van der Waals surface area contributed by atoms with E-state index in [1.165, 1.54) is 5.56 Å². The molecular weight excluding hydrogens is 236 g/mol. The molecule has 0 aliphatic heterocycles. The molecule has 0 saturated heterocycles. The van der Waals surface area contributed by atoms with Crippen LogP contribution < -0.4 is 5.32 Å². The third-order valence-electron chi connectivity index (χ3n) is 2.92. The highest BCUT2D eigenvalue weighted by atomic mass is 14.9. The summed E-state index contributed by atoms with van der Waals surface area (Å²) < 4.78 is 0. The molecule has 0 radical (unpaired) electrons. The van der Waals surface area contributed by atoms with Gasteiger partial charge in [-0.3, -0.25) is 9.97 Å². The second-order valence-electron chi connectivity index (χ2n) is 4.42. The molecule has 0 spiro atoms. The van der Waals surface area contributed by atoms with Gasteiger partial charge in [0.2, 0.25) is 0 Å². The number of rotatable bonds is 4. The first-order valence-electron chi connectivity index (χ1n) is 6.22. The number of anilines is 1. The molecule has 19 heavy (non-hydrogen) atoms.